The Labute approximate surface area is 136 Å². The highest BCUT2D eigenvalue weighted by molar-refractivity contribution is 8.06. The van der Waals surface area contributed by atoms with Gasteiger partial charge in [-0.25, -0.2) is 4.79 Å². The summed E-state index contributed by atoms with van der Waals surface area (Å²) < 4.78 is 31.0. The lowest BCUT2D eigenvalue weighted by Crippen LogP contribution is -2.37. The molecule has 122 valence electrons. The normalized spacial score (nSPS) is 11.0. The lowest BCUT2D eigenvalue weighted by Gasteiger charge is -2.22. The zero-order chi connectivity index (χ0) is 16.7. The molecule has 6 heteroatoms. The lowest BCUT2D eigenvalue weighted by molar-refractivity contribution is 0.165. The van der Waals surface area contributed by atoms with Gasteiger partial charge in [0.1, 0.15) is 6.61 Å². The van der Waals surface area contributed by atoms with Gasteiger partial charge in [0.25, 0.3) is 0 Å². The number of carbonyl (C=O) groups is 1. The van der Waals surface area contributed by atoms with E-state index in [4.69, 9.17) is 4.74 Å². The van der Waals surface area contributed by atoms with Gasteiger partial charge in [-0.05, 0) is 24.1 Å². The summed E-state index contributed by atoms with van der Waals surface area (Å²) in [6, 6.07) is 17.5. The second kappa shape index (κ2) is 7.78. The number of hydrogen-bond acceptors (Lipinski definition) is 4. The third-order valence-corrected chi connectivity index (χ3v) is 4.68. The SMILES string of the molecule is CCCN(c1ccccc1)S(=O)(=O)C(=O)OCc1ccccc1. The molecule has 23 heavy (non-hydrogen) atoms. The van der Waals surface area contributed by atoms with Crippen LogP contribution in [0.15, 0.2) is 60.7 Å². The fraction of sp³-hybridized carbons (Fsp3) is 0.235. The maximum absolute atomic E-state index is 12.5. The van der Waals surface area contributed by atoms with Crippen LogP contribution >= 0.6 is 0 Å². The van der Waals surface area contributed by atoms with E-state index < -0.39 is 15.3 Å². The Morgan fingerprint density at radius 2 is 1.57 bits per heavy atom. The van der Waals surface area contributed by atoms with Crippen LogP contribution in [0.3, 0.4) is 0 Å². The molecule has 2 rings (SSSR count). The Morgan fingerprint density at radius 3 is 2.13 bits per heavy atom. The first-order valence-corrected chi connectivity index (χ1v) is 8.78. The van der Waals surface area contributed by atoms with Crippen molar-refractivity contribution < 1.29 is 17.9 Å². The molecular weight excluding hydrogens is 314 g/mol. The average molecular weight is 333 g/mol. The molecule has 0 aromatic heterocycles. The van der Waals surface area contributed by atoms with Gasteiger partial charge in [-0.2, -0.15) is 8.42 Å². The molecule has 0 atom stereocenters. The fourth-order valence-electron chi connectivity index (χ4n) is 2.07. The van der Waals surface area contributed by atoms with E-state index in [-0.39, 0.29) is 13.2 Å². The van der Waals surface area contributed by atoms with Crippen LogP contribution in [0.25, 0.3) is 0 Å². The monoisotopic (exact) mass is 333 g/mol. The molecule has 0 amide bonds. The highest BCUT2D eigenvalue weighted by Gasteiger charge is 2.32. The maximum atomic E-state index is 12.5. The Balaban J connectivity index is 2.15. The number of hydrogen-bond donors (Lipinski definition) is 0. The summed E-state index contributed by atoms with van der Waals surface area (Å²) >= 11 is 0. The number of para-hydroxylation sites is 1. The topological polar surface area (TPSA) is 63.7 Å². The smallest absolute Gasteiger partial charge is 0.445 e. The van der Waals surface area contributed by atoms with E-state index in [2.05, 4.69) is 0 Å². The summed E-state index contributed by atoms with van der Waals surface area (Å²) in [4.78, 5) is 12.1. The van der Waals surface area contributed by atoms with Crippen LogP contribution in [0.5, 0.6) is 0 Å². The minimum Gasteiger partial charge on any atom is -0.448 e. The number of ether oxygens (including phenoxy) is 1. The Bertz CT molecular complexity index is 730. The first kappa shape index (κ1) is 17.0. The standard InChI is InChI=1S/C17H19NO4S/c1-2-13-18(16-11-7-4-8-12-16)23(20,21)17(19)22-14-15-9-5-3-6-10-15/h3-12H,2,13-14H2,1H3. The van der Waals surface area contributed by atoms with Gasteiger partial charge in [-0.15, -0.1) is 0 Å². The third kappa shape index (κ3) is 4.32. The first-order chi connectivity index (χ1) is 11.1. The van der Waals surface area contributed by atoms with Crippen LogP contribution in [0.1, 0.15) is 18.9 Å². The molecule has 0 fully saturated rings. The Morgan fingerprint density at radius 1 is 1.00 bits per heavy atom. The molecule has 0 aliphatic rings. The van der Waals surface area contributed by atoms with Gasteiger partial charge < -0.3 is 4.74 Å². The number of benzene rings is 2. The van der Waals surface area contributed by atoms with Crippen molar-refractivity contribution in [1.82, 2.24) is 0 Å². The molecule has 0 spiro atoms. The van der Waals surface area contributed by atoms with Crippen molar-refractivity contribution in [3.8, 4) is 0 Å². The van der Waals surface area contributed by atoms with E-state index in [9.17, 15) is 13.2 Å². The summed E-state index contributed by atoms with van der Waals surface area (Å²) in [5.41, 5.74) is 1.18. The molecule has 0 N–H and O–H groups in total. The van der Waals surface area contributed by atoms with Gasteiger partial charge in [0.05, 0.1) is 5.69 Å². The van der Waals surface area contributed by atoms with Gasteiger partial charge in [0.2, 0.25) is 0 Å². The summed E-state index contributed by atoms with van der Waals surface area (Å²) in [6.07, 6.45) is 0.583. The van der Waals surface area contributed by atoms with Crippen LogP contribution in [-0.2, 0) is 21.4 Å². The molecule has 2 aromatic rings. The second-order valence-electron chi connectivity index (χ2n) is 4.94. The minimum atomic E-state index is -4.21. The minimum absolute atomic E-state index is 0.0757. The number of sulfonamides is 1. The summed E-state index contributed by atoms with van der Waals surface area (Å²) in [5, 5.41) is -1.24. The number of carbonyl (C=O) groups excluding carboxylic acids is 1. The predicted octanol–water partition coefficient (Wildman–Crippen LogP) is 3.57. The van der Waals surface area contributed by atoms with Gasteiger partial charge in [-0.1, -0.05) is 55.5 Å². The Kier molecular flexibility index (Phi) is 5.76. The lowest BCUT2D eigenvalue weighted by atomic mass is 10.2. The largest absolute Gasteiger partial charge is 0.448 e. The molecule has 0 heterocycles. The van der Waals surface area contributed by atoms with Gasteiger partial charge >= 0.3 is 15.3 Å². The van der Waals surface area contributed by atoms with E-state index in [1.807, 2.05) is 13.0 Å². The number of nitrogens with zero attached hydrogens (tertiary/aromatic N) is 1. The summed E-state index contributed by atoms with van der Waals surface area (Å²) in [5.74, 6) is 0. The first-order valence-electron chi connectivity index (χ1n) is 7.34. The van der Waals surface area contributed by atoms with Crippen LogP contribution in [-0.4, -0.2) is 20.3 Å². The highest BCUT2D eigenvalue weighted by atomic mass is 32.2. The molecular formula is C17H19NO4S. The van der Waals surface area contributed by atoms with Crippen LogP contribution < -0.4 is 4.31 Å². The van der Waals surface area contributed by atoms with Gasteiger partial charge in [0.15, 0.2) is 0 Å². The molecule has 0 aliphatic heterocycles. The number of rotatable bonds is 6. The van der Waals surface area contributed by atoms with E-state index in [0.717, 1.165) is 9.87 Å². The molecule has 0 saturated heterocycles. The third-order valence-electron chi connectivity index (χ3n) is 3.17. The highest BCUT2D eigenvalue weighted by Crippen LogP contribution is 2.20. The molecule has 0 unspecified atom stereocenters. The quantitative estimate of drug-likeness (QED) is 0.758. The van der Waals surface area contributed by atoms with E-state index in [0.29, 0.717) is 12.1 Å². The average Bonchev–Trinajstić information content (AvgIpc) is 2.59. The molecule has 5 nitrogen and oxygen atoms in total. The molecule has 2 aromatic carbocycles. The molecule has 0 saturated carbocycles. The van der Waals surface area contributed by atoms with Crippen molar-refractivity contribution in [2.75, 3.05) is 10.8 Å². The Hall–Kier alpha value is -2.34. The van der Waals surface area contributed by atoms with Crippen molar-refractivity contribution in [3.63, 3.8) is 0 Å². The van der Waals surface area contributed by atoms with Crippen LogP contribution in [0.2, 0.25) is 0 Å². The van der Waals surface area contributed by atoms with Gasteiger partial charge in [-0.3, -0.25) is 4.31 Å². The maximum Gasteiger partial charge on any atom is 0.445 e. The predicted molar refractivity (Wildman–Crippen MR) is 89.6 cm³/mol. The van der Waals surface area contributed by atoms with Crippen molar-refractivity contribution >= 4 is 21.0 Å². The summed E-state index contributed by atoms with van der Waals surface area (Å²) in [7, 11) is -4.21. The van der Waals surface area contributed by atoms with Crippen molar-refractivity contribution in [2.24, 2.45) is 0 Å². The molecule has 0 radical (unpaired) electrons. The van der Waals surface area contributed by atoms with Crippen molar-refractivity contribution in [2.45, 2.75) is 20.0 Å². The van der Waals surface area contributed by atoms with E-state index in [1.165, 1.54) is 0 Å². The van der Waals surface area contributed by atoms with Gasteiger partial charge in [0, 0.05) is 6.54 Å². The second-order valence-corrected chi connectivity index (χ2v) is 6.66. The fourth-order valence-corrected chi connectivity index (χ4v) is 3.28. The van der Waals surface area contributed by atoms with Crippen molar-refractivity contribution in [3.05, 3.63) is 66.2 Å². The molecule has 0 bridgehead atoms. The zero-order valence-electron chi connectivity index (χ0n) is 12.9. The van der Waals surface area contributed by atoms with Crippen LogP contribution in [0.4, 0.5) is 10.5 Å². The van der Waals surface area contributed by atoms with Crippen LogP contribution in [0, 0.1) is 0 Å². The zero-order valence-corrected chi connectivity index (χ0v) is 13.7. The summed E-state index contributed by atoms with van der Waals surface area (Å²) in [6.45, 7) is 1.99. The number of anilines is 1. The van der Waals surface area contributed by atoms with Crippen molar-refractivity contribution in [1.29, 1.82) is 0 Å². The van der Waals surface area contributed by atoms with E-state index >= 15 is 0 Å². The van der Waals surface area contributed by atoms with E-state index in [1.54, 1.807) is 54.6 Å². The molecule has 0 aliphatic carbocycles.